The van der Waals surface area contributed by atoms with E-state index in [1.54, 1.807) is 0 Å². The van der Waals surface area contributed by atoms with Crippen molar-refractivity contribution in [2.24, 2.45) is 0 Å². The van der Waals surface area contributed by atoms with Gasteiger partial charge in [0, 0.05) is 48.4 Å². The van der Waals surface area contributed by atoms with Gasteiger partial charge in [-0.1, -0.05) is 41.9 Å². The number of fused-ring (bicyclic) bond motifs is 1. The van der Waals surface area contributed by atoms with Gasteiger partial charge in [0.15, 0.2) is 0 Å². The molecule has 1 N–H and O–H groups in total. The van der Waals surface area contributed by atoms with Gasteiger partial charge in [-0.15, -0.1) is 0 Å². The van der Waals surface area contributed by atoms with E-state index in [2.05, 4.69) is 46.4 Å². The minimum Gasteiger partial charge on any atom is -0.377 e. The summed E-state index contributed by atoms with van der Waals surface area (Å²) in [5.74, 6) is 0. The molecule has 2 heterocycles. The summed E-state index contributed by atoms with van der Waals surface area (Å²) >= 11 is 6.13. The lowest BCUT2D eigenvalue weighted by Gasteiger charge is -2.10. The number of ether oxygens (including phenoxy) is 1. The maximum atomic E-state index is 6.13. The first-order valence-corrected chi connectivity index (χ1v) is 9.31. The maximum Gasteiger partial charge on any atom is 0.0700 e. The number of para-hydroxylation sites is 1. The molecule has 0 saturated carbocycles. The number of halogens is 1. The Balaban J connectivity index is 1.53. The van der Waals surface area contributed by atoms with Crippen molar-refractivity contribution < 1.29 is 4.74 Å². The van der Waals surface area contributed by atoms with Gasteiger partial charge in [-0.2, -0.15) is 0 Å². The quantitative estimate of drug-likeness (QED) is 0.699. The Morgan fingerprint density at radius 1 is 1.16 bits per heavy atom. The average molecular weight is 355 g/mol. The second-order valence-corrected chi connectivity index (χ2v) is 7.13. The topological polar surface area (TPSA) is 26.2 Å². The summed E-state index contributed by atoms with van der Waals surface area (Å²) in [7, 11) is 0. The van der Waals surface area contributed by atoms with Crippen LogP contribution in [0.3, 0.4) is 0 Å². The third-order valence-electron chi connectivity index (χ3n) is 4.82. The fraction of sp³-hybridized carbons (Fsp3) is 0.333. The molecule has 3 nitrogen and oxygen atoms in total. The molecule has 4 heteroatoms. The van der Waals surface area contributed by atoms with Crippen LogP contribution in [0.1, 0.15) is 24.0 Å². The van der Waals surface area contributed by atoms with E-state index in [-0.39, 0.29) is 0 Å². The monoisotopic (exact) mass is 354 g/mol. The average Bonchev–Trinajstić information content (AvgIpc) is 3.24. The van der Waals surface area contributed by atoms with E-state index >= 15 is 0 Å². The van der Waals surface area contributed by atoms with Crippen LogP contribution >= 0.6 is 11.6 Å². The number of aromatic nitrogens is 1. The van der Waals surface area contributed by atoms with Gasteiger partial charge >= 0.3 is 0 Å². The Kier molecular flexibility index (Phi) is 5.07. The molecule has 1 saturated heterocycles. The van der Waals surface area contributed by atoms with Gasteiger partial charge in [0.1, 0.15) is 0 Å². The van der Waals surface area contributed by atoms with E-state index in [9.17, 15) is 0 Å². The van der Waals surface area contributed by atoms with Gasteiger partial charge in [0.2, 0.25) is 0 Å². The van der Waals surface area contributed by atoms with E-state index in [0.29, 0.717) is 6.10 Å². The van der Waals surface area contributed by atoms with Crippen LogP contribution < -0.4 is 5.32 Å². The zero-order valence-electron chi connectivity index (χ0n) is 14.2. The molecule has 130 valence electrons. The Bertz CT molecular complexity index is 852. The summed E-state index contributed by atoms with van der Waals surface area (Å²) in [6.45, 7) is 3.52. The summed E-state index contributed by atoms with van der Waals surface area (Å²) in [5.41, 5.74) is 3.80. The second-order valence-electron chi connectivity index (χ2n) is 6.70. The molecule has 3 aromatic rings. The standard InChI is InChI=1S/C21H23ClN2O/c22-18-6-3-5-16(11-18)14-24-15-17(20-8-1-2-9-21(20)24)12-23-13-19-7-4-10-25-19/h1-3,5-6,8-9,11,15,19,23H,4,7,10,12-14H2/t19-/m0/s1. The summed E-state index contributed by atoms with van der Waals surface area (Å²) in [6.07, 6.45) is 4.99. The summed E-state index contributed by atoms with van der Waals surface area (Å²) in [6, 6.07) is 16.7. The van der Waals surface area contributed by atoms with E-state index in [4.69, 9.17) is 16.3 Å². The molecule has 25 heavy (non-hydrogen) atoms. The molecule has 0 unspecified atom stereocenters. The first kappa shape index (κ1) is 16.6. The van der Waals surface area contributed by atoms with Crippen molar-refractivity contribution >= 4 is 22.5 Å². The Morgan fingerprint density at radius 2 is 2.08 bits per heavy atom. The molecule has 1 atom stereocenters. The smallest absolute Gasteiger partial charge is 0.0700 e. The van der Waals surface area contributed by atoms with Gasteiger partial charge in [-0.25, -0.2) is 0 Å². The molecule has 0 bridgehead atoms. The summed E-state index contributed by atoms with van der Waals surface area (Å²) in [5, 5.41) is 5.66. The Morgan fingerprint density at radius 3 is 2.92 bits per heavy atom. The molecule has 1 aromatic heterocycles. The predicted octanol–water partition coefficient (Wildman–Crippen LogP) is 4.61. The number of nitrogens with one attached hydrogen (secondary N) is 1. The van der Waals surface area contributed by atoms with Crippen LogP contribution in [0.15, 0.2) is 54.7 Å². The summed E-state index contributed by atoms with van der Waals surface area (Å²) < 4.78 is 8.00. The van der Waals surface area contributed by atoms with Crippen LogP contribution in [-0.4, -0.2) is 23.8 Å². The third-order valence-corrected chi connectivity index (χ3v) is 5.06. The first-order valence-electron chi connectivity index (χ1n) is 8.93. The van der Waals surface area contributed by atoms with Crippen LogP contribution in [-0.2, 0) is 17.8 Å². The van der Waals surface area contributed by atoms with Crippen molar-refractivity contribution in [2.75, 3.05) is 13.2 Å². The molecule has 1 fully saturated rings. The van der Waals surface area contributed by atoms with Crippen molar-refractivity contribution in [1.29, 1.82) is 0 Å². The number of benzene rings is 2. The van der Waals surface area contributed by atoms with Gasteiger partial charge in [0.25, 0.3) is 0 Å². The zero-order chi connectivity index (χ0) is 17.1. The molecular formula is C21H23ClN2O. The molecule has 1 aliphatic heterocycles. The highest BCUT2D eigenvalue weighted by Gasteiger charge is 2.15. The van der Waals surface area contributed by atoms with E-state index in [0.717, 1.165) is 31.3 Å². The van der Waals surface area contributed by atoms with Gasteiger partial charge in [0.05, 0.1) is 6.10 Å². The number of hydrogen-bond donors (Lipinski definition) is 1. The fourth-order valence-electron chi connectivity index (χ4n) is 3.60. The predicted molar refractivity (Wildman–Crippen MR) is 103 cm³/mol. The maximum absolute atomic E-state index is 6.13. The minimum absolute atomic E-state index is 0.375. The lowest BCUT2D eigenvalue weighted by molar-refractivity contribution is 0.110. The van der Waals surface area contributed by atoms with Crippen LogP contribution in [0, 0.1) is 0 Å². The van der Waals surface area contributed by atoms with Crippen molar-refractivity contribution in [1.82, 2.24) is 9.88 Å². The molecule has 0 amide bonds. The fourth-order valence-corrected chi connectivity index (χ4v) is 3.81. The van der Waals surface area contributed by atoms with E-state index < -0.39 is 0 Å². The highest BCUT2D eigenvalue weighted by atomic mass is 35.5. The highest BCUT2D eigenvalue weighted by molar-refractivity contribution is 6.30. The normalized spacial score (nSPS) is 17.4. The minimum atomic E-state index is 0.375. The van der Waals surface area contributed by atoms with Crippen molar-refractivity contribution in [2.45, 2.75) is 32.0 Å². The van der Waals surface area contributed by atoms with Crippen molar-refractivity contribution in [3.8, 4) is 0 Å². The molecule has 4 rings (SSSR count). The van der Waals surface area contributed by atoms with Gasteiger partial charge in [-0.3, -0.25) is 0 Å². The highest BCUT2D eigenvalue weighted by Crippen LogP contribution is 2.23. The third kappa shape index (κ3) is 3.90. The first-order chi connectivity index (χ1) is 12.3. The lowest BCUT2D eigenvalue weighted by atomic mass is 10.1. The zero-order valence-corrected chi connectivity index (χ0v) is 15.0. The molecule has 2 aromatic carbocycles. The number of nitrogens with zero attached hydrogens (tertiary/aromatic N) is 1. The Hall–Kier alpha value is -1.81. The largest absolute Gasteiger partial charge is 0.377 e. The SMILES string of the molecule is Clc1cccc(Cn2cc(CNC[C@@H]3CCCO3)c3ccccc32)c1. The molecule has 0 aliphatic carbocycles. The molecule has 0 spiro atoms. The number of rotatable bonds is 6. The molecular weight excluding hydrogens is 332 g/mol. The summed E-state index contributed by atoms with van der Waals surface area (Å²) in [4.78, 5) is 0. The van der Waals surface area contributed by atoms with E-state index in [1.165, 1.54) is 34.9 Å². The van der Waals surface area contributed by atoms with Crippen LogP contribution in [0.2, 0.25) is 5.02 Å². The van der Waals surface area contributed by atoms with Gasteiger partial charge in [-0.05, 0) is 42.2 Å². The second kappa shape index (κ2) is 7.61. The van der Waals surface area contributed by atoms with Gasteiger partial charge < -0.3 is 14.6 Å². The van der Waals surface area contributed by atoms with Crippen molar-refractivity contribution in [3.05, 3.63) is 70.9 Å². The lowest BCUT2D eigenvalue weighted by Crippen LogP contribution is -2.25. The molecule has 1 aliphatic rings. The van der Waals surface area contributed by atoms with Crippen LogP contribution in [0.5, 0.6) is 0 Å². The van der Waals surface area contributed by atoms with Crippen LogP contribution in [0.4, 0.5) is 0 Å². The molecule has 0 radical (unpaired) electrons. The van der Waals surface area contributed by atoms with Crippen molar-refractivity contribution in [3.63, 3.8) is 0 Å². The Labute approximate surface area is 153 Å². The number of hydrogen-bond acceptors (Lipinski definition) is 2. The van der Waals surface area contributed by atoms with Crippen LogP contribution in [0.25, 0.3) is 10.9 Å². The van der Waals surface area contributed by atoms with E-state index in [1.807, 2.05) is 18.2 Å².